The zero-order chi connectivity index (χ0) is 27.0. The highest BCUT2D eigenvalue weighted by Crippen LogP contribution is 2.70. The first-order chi connectivity index (χ1) is 18.1. The maximum Gasteiger partial charge on any atom is 0.412 e. The Balaban J connectivity index is 1.59. The van der Waals surface area contributed by atoms with E-state index in [0.717, 1.165) is 0 Å². The largest absolute Gasteiger partial charge is 0.465 e. The molecular formula is C28H29F2NO5S2. The summed E-state index contributed by atoms with van der Waals surface area (Å²) in [4.78, 5) is 13.8. The van der Waals surface area contributed by atoms with Crippen molar-refractivity contribution in [3.63, 3.8) is 0 Å². The molecule has 0 atom stereocenters. The number of fused-ring (bicyclic) bond motifs is 2. The fourth-order valence-electron chi connectivity index (χ4n) is 5.98. The highest BCUT2D eigenvalue weighted by Gasteiger charge is 2.60. The van der Waals surface area contributed by atoms with Gasteiger partial charge in [-0.25, -0.2) is 13.3 Å². The van der Waals surface area contributed by atoms with Crippen molar-refractivity contribution >= 4 is 26.5 Å². The molecule has 6 nitrogen and oxygen atoms in total. The fourth-order valence-corrected chi connectivity index (χ4v) is 11.4. The lowest BCUT2D eigenvalue weighted by Crippen LogP contribution is -2.60. The summed E-state index contributed by atoms with van der Waals surface area (Å²) in [6.45, 7) is 0. The van der Waals surface area contributed by atoms with E-state index in [2.05, 4.69) is 0 Å². The molecule has 10 heteroatoms. The van der Waals surface area contributed by atoms with Gasteiger partial charge in [-0.15, -0.1) is 0 Å². The van der Waals surface area contributed by atoms with Gasteiger partial charge < -0.3 is 5.11 Å². The number of halogens is 2. The third-order valence-electron chi connectivity index (χ3n) is 7.48. The first-order valence-corrected chi connectivity index (χ1v) is 15.6. The van der Waals surface area contributed by atoms with Crippen molar-refractivity contribution in [2.75, 3.05) is 5.75 Å². The fraction of sp³-hybridized carbons (Fsp3) is 0.321. The van der Waals surface area contributed by atoms with Crippen LogP contribution in [0, 0.1) is 5.92 Å². The van der Waals surface area contributed by atoms with Crippen LogP contribution in [-0.2, 0) is 13.7 Å². The highest BCUT2D eigenvalue weighted by molar-refractivity contribution is 8.33. The van der Waals surface area contributed by atoms with Crippen LogP contribution in [0.2, 0.25) is 0 Å². The van der Waals surface area contributed by atoms with Crippen LogP contribution >= 0.6 is 10.3 Å². The Hall–Kier alpha value is -2.95. The zero-order valence-electron chi connectivity index (χ0n) is 20.6. The molecule has 1 N–H and O–H groups in total. The van der Waals surface area contributed by atoms with Crippen molar-refractivity contribution in [3.8, 4) is 0 Å². The number of amides is 1. The van der Waals surface area contributed by atoms with E-state index in [1.165, 1.54) is 0 Å². The van der Waals surface area contributed by atoms with Crippen LogP contribution in [0.1, 0.15) is 32.1 Å². The molecule has 2 bridgehead atoms. The van der Waals surface area contributed by atoms with Gasteiger partial charge in [-0.2, -0.15) is 17.2 Å². The summed E-state index contributed by atoms with van der Waals surface area (Å²) in [5, 5.41) is 9.86. The van der Waals surface area contributed by atoms with Crippen LogP contribution in [0.3, 0.4) is 0 Å². The molecule has 202 valence electrons. The van der Waals surface area contributed by atoms with Crippen LogP contribution < -0.4 is 0 Å². The number of carbonyl (C=O) groups is 1. The summed E-state index contributed by atoms with van der Waals surface area (Å²) in [5.41, 5.74) is -1.25. The van der Waals surface area contributed by atoms with Gasteiger partial charge in [0.05, 0.1) is 5.54 Å². The molecule has 3 aromatic rings. The average molecular weight is 562 g/mol. The van der Waals surface area contributed by atoms with Gasteiger partial charge in [0.25, 0.3) is 10.1 Å². The van der Waals surface area contributed by atoms with Gasteiger partial charge in [0.1, 0.15) is 0 Å². The van der Waals surface area contributed by atoms with Gasteiger partial charge in [0.2, 0.25) is 0 Å². The van der Waals surface area contributed by atoms with Gasteiger partial charge in [-0.05, 0) is 84.7 Å². The minimum absolute atomic E-state index is 0.110. The standard InChI is InChI=1S/C28H29F2NO5S2/c29-28(30,31(26(32)33)27-18-16-22(20-27)17-19-27)21-37(34,35)36-38(23-10-4-1-5-11-23,24-12-6-2-7-13-24)25-14-8-3-9-15-25/h1-15,22H,16-21H2,(H,32,33). The number of alkyl halides is 2. The van der Waals surface area contributed by atoms with Crippen molar-refractivity contribution in [3.05, 3.63) is 91.0 Å². The minimum atomic E-state index is -4.99. The molecule has 0 heterocycles. The lowest BCUT2D eigenvalue weighted by Gasteiger charge is -2.43. The third kappa shape index (κ3) is 4.81. The van der Waals surface area contributed by atoms with E-state index in [-0.39, 0.29) is 10.8 Å². The third-order valence-corrected chi connectivity index (χ3v) is 12.6. The van der Waals surface area contributed by atoms with Gasteiger partial charge in [0.15, 0.2) is 5.75 Å². The summed E-state index contributed by atoms with van der Waals surface area (Å²) in [6.07, 6.45) is 0.420. The van der Waals surface area contributed by atoms with Crippen LogP contribution in [-0.4, -0.2) is 41.9 Å². The lowest BCUT2D eigenvalue weighted by atomic mass is 9.92. The molecule has 1 amide bonds. The molecule has 0 spiro atoms. The average Bonchev–Trinajstić information content (AvgIpc) is 3.49. The van der Waals surface area contributed by atoms with Gasteiger partial charge >= 0.3 is 12.1 Å². The first kappa shape index (κ1) is 26.6. The molecule has 0 unspecified atom stereocenters. The van der Waals surface area contributed by atoms with Crippen molar-refractivity contribution in [1.82, 2.24) is 4.90 Å². The normalized spacial score (nSPS) is 21.8. The molecular weight excluding hydrogens is 532 g/mol. The summed E-state index contributed by atoms with van der Waals surface area (Å²) in [5.74, 6) is -1.59. The monoisotopic (exact) mass is 561 g/mol. The Kier molecular flexibility index (Phi) is 7.00. The molecule has 0 saturated heterocycles. The number of rotatable bonds is 9. The molecule has 5 rings (SSSR count). The van der Waals surface area contributed by atoms with Gasteiger partial charge in [-0.3, -0.25) is 0 Å². The molecule has 0 radical (unpaired) electrons. The number of benzene rings is 3. The molecule has 2 saturated carbocycles. The van der Waals surface area contributed by atoms with E-state index in [9.17, 15) is 18.3 Å². The van der Waals surface area contributed by atoms with Crippen molar-refractivity contribution in [2.24, 2.45) is 5.92 Å². The first-order valence-electron chi connectivity index (χ1n) is 12.4. The number of hydrogen-bond acceptors (Lipinski definition) is 4. The molecule has 2 fully saturated rings. The Morgan fingerprint density at radius 3 is 1.63 bits per heavy atom. The maximum absolute atomic E-state index is 15.8. The molecule has 0 aromatic heterocycles. The second-order valence-electron chi connectivity index (χ2n) is 9.92. The second-order valence-corrected chi connectivity index (χ2v) is 14.4. The predicted molar refractivity (Wildman–Crippen MR) is 141 cm³/mol. The molecule has 0 aliphatic heterocycles. The van der Waals surface area contributed by atoms with Crippen LogP contribution in [0.5, 0.6) is 0 Å². The summed E-state index contributed by atoms with van der Waals surface area (Å²) in [6, 6.07) is 21.8. The van der Waals surface area contributed by atoms with E-state index in [0.29, 0.717) is 46.8 Å². The van der Waals surface area contributed by atoms with E-state index in [4.69, 9.17) is 3.63 Å². The highest BCUT2D eigenvalue weighted by atomic mass is 32.3. The summed E-state index contributed by atoms with van der Waals surface area (Å²) >= 11 is 0. The van der Waals surface area contributed by atoms with Crippen LogP contribution in [0.25, 0.3) is 0 Å². The van der Waals surface area contributed by atoms with Crippen molar-refractivity contribution in [2.45, 2.75) is 58.4 Å². The minimum Gasteiger partial charge on any atom is -0.465 e. The lowest BCUT2D eigenvalue weighted by molar-refractivity contribution is -0.152. The number of hydrogen-bond donors (Lipinski definition) is 1. The SMILES string of the molecule is O=C(O)N(C(F)(F)CS(=O)(=O)OS(c1ccccc1)(c1ccccc1)c1ccccc1)C12CCC(CC1)C2. The van der Waals surface area contributed by atoms with Gasteiger partial charge in [0, 0.05) is 14.7 Å². The van der Waals surface area contributed by atoms with E-state index in [1.54, 1.807) is 91.0 Å². The number of carboxylic acid groups (broad SMARTS) is 1. The Bertz CT molecular complexity index is 1280. The quantitative estimate of drug-likeness (QED) is 0.281. The topological polar surface area (TPSA) is 83.9 Å². The van der Waals surface area contributed by atoms with E-state index in [1.807, 2.05) is 0 Å². The molecule has 3 aromatic carbocycles. The van der Waals surface area contributed by atoms with E-state index >= 15 is 8.78 Å². The van der Waals surface area contributed by atoms with Crippen LogP contribution in [0.15, 0.2) is 106 Å². The second kappa shape index (κ2) is 9.98. The van der Waals surface area contributed by atoms with Crippen LogP contribution in [0.4, 0.5) is 13.6 Å². The molecule has 38 heavy (non-hydrogen) atoms. The Morgan fingerprint density at radius 1 is 0.868 bits per heavy atom. The van der Waals surface area contributed by atoms with Crippen molar-refractivity contribution < 1.29 is 30.7 Å². The Morgan fingerprint density at radius 2 is 1.29 bits per heavy atom. The number of nitrogens with zero attached hydrogens (tertiary/aromatic N) is 1. The van der Waals surface area contributed by atoms with E-state index < -0.39 is 43.9 Å². The van der Waals surface area contributed by atoms with Gasteiger partial charge in [-0.1, -0.05) is 54.6 Å². The van der Waals surface area contributed by atoms with Crippen molar-refractivity contribution in [1.29, 1.82) is 0 Å². The molecule has 2 aliphatic carbocycles. The summed E-state index contributed by atoms with van der Waals surface area (Å²) < 4.78 is 64.8. The predicted octanol–water partition coefficient (Wildman–Crippen LogP) is 7.14. The molecule has 2 aliphatic rings. The zero-order valence-corrected chi connectivity index (χ0v) is 22.2. The Labute approximate surface area is 222 Å². The smallest absolute Gasteiger partial charge is 0.412 e. The maximum atomic E-state index is 15.8. The summed E-state index contributed by atoms with van der Waals surface area (Å²) in [7, 11) is -8.02.